The normalized spacial score (nSPS) is 11.6. The highest BCUT2D eigenvalue weighted by atomic mass is 32.2. The zero-order valence-corrected chi connectivity index (χ0v) is 21.7. The Balaban J connectivity index is 5.06. The zero-order chi connectivity index (χ0) is 25.8. The molecule has 0 fully saturated rings. The maximum atomic E-state index is 12.4. The van der Waals surface area contributed by atoms with Crippen molar-refractivity contribution in [1.29, 1.82) is 0 Å². The number of carbonyl (C=O) groups excluding carboxylic acids is 4. The molecular weight excluding hydrogens is 480 g/mol. The first-order valence-electron chi connectivity index (χ1n) is 10.8. The molecule has 0 aliphatic rings. The second kappa shape index (κ2) is 19.1. The summed E-state index contributed by atoms with van der Waals surface area (Å²) in [6.45, 7) is 8.66. The van der Waals surface area contributed by atoms with Gasteiger partial charge in [-0.3, -0.25) is 4.79 Å². The van der Waals surface area contributed by atoms with Crippen LogP contribution >= 0.6 is 23.5 Å². The Hall–Kier alpha value is -2.20. The van der Waals surface area contributed by atoms with Crippen molar-refractivity contribution in [3.8, 4) is 0 Å². The van der Waals surface area contributed by atoms with Gasteiger partial charge >= 0.3 is 23.9 Å². The summed E-state index contributed by atoms with van der Waals surface area (Å²) in [5.74, 6) is -1.53. The fraction of sp³-hybridized carbons (Fsp3) is 0.583. The summed E-state index contributed by atoms with van der Waals surface area (Å²) >= 11 is 3.66. The first-order chi connectivity index (χ1) is 16.2. The average Bonchev–Trinajstić information content (AvgIpc) is 2.86. The van der Waals surface area contributed by atoms with Gasteiger partial charge in [0.1, 0.15) is 31.8 Å². The quantitative estimate of drug-likeness (QED) is 0.103. The Morgan fingerprint density at radius 2 is 1.24 bits per heavy atom. The molecule has 0 aromatic heterocycles. The summed E-state index contributed by atoms with van der Waals surface area (Å²) in [5, 5.41) is 0.565. The van der Waals surface area contributed by atoms with Gasteiger partial charge in [0.25, 0.3) is 0 Å². The predicted octanol–water partition coefficient (Wildman–Crippen LogP) is 3.75. The van der Waals surface area contributed by atoms with Crippen molar-refractivity contribution in [2.24, 2.45) is 5.41 Å². The molecular formula is C24H36O8S2. The second-order valence-corrected chi connectivity index (χ2v) is 9.60. The van der Waals surface area contributed by atoms with Crippen LogP contribution in [-0.2, 0) is 38.1 Å². The molecule has 0 aromatic rings. The van der Waals surface area contributed by atoms with E-state index in [2.05, 4.69) is 32.2 Å². The van der Waals surface area contributed by atoms with E-state index in [9.17, 15) is 19.2 Å². The van der Waals surface area contributed by atoms with Crippen molar-refractivity contribution in [2.75, 3.05) is 44.7 Å². The third-order valence-electron chi connectivity index (χ3n) is 4.74. The molecule has 0 radical (unpaired) electrons. The van der Waals surface area contributed by atoms with E-state index in [1.807, 2.05) is 23.5 Å². The molecule has 0 saturated heterocycles. The van der Waals surface area contributed by atoms with Crippen molar-refractivity contribution in [2.45, 2.75) is 37.4 Å². The molecule has 0 N–H and O–H groups in total. The summed E-state index contributed by atoms with van der Waals surface area (Å²) in [6.07, 6.45) is 11.0. The molecule has 0 spiro atoms. The minimum Gasteiger partial charge on any atom is -0.465 e. The Labute approximate surface area is 210 Å². The van der Waals surface area contributed by atoms with Gasteiger partial charge < -0.3 is 18.9 Å². The fourth-order valence-electron chi connectivity index (χ4n) is 2.68. The molecule has 0 aromatic carbocycles. The van der Waals surface area contributed by atoms with Crippen LogP contribution in [0.25, 0.3) is 0 Å². The van der Waals surface area contributed by atoms with Crippen molar-refractivity contribution in [3.05, 3.63) is 38.0 Å². The minimum absolute atomic E-state index is 0.213. The van der Waals surface area contributed by atoms with E-state index >= 15 is 0 Å². The van der Waals surface area contributed by atoms with E-state index in [1.165, 1.54) is 0 Å². The number of hydrogen-bond acceptors (Lipinski definition) is 10. The molecule has 0 aliphatic carbocycles. The van der Waals surface area contributed by atoms with Gasteiger partial charge in [0.05, 0.1) is 0 Å². The lowest BCUT2D eigenvalue weighted by molar-refractivity contribution is -0.166. The molecule has 0 aliphatic heterocycles. The summed E-state index contributed by atoms with van der Waals surface area (Å²) < 4.78 is 20.7. The van der Waals surface area contributed by atoms with Crippen molar-refractivity contribution < 1.29 is 38.1 Å². The number of thioether (sulfide) groups is 2. The van der Waals surface area contributed by atoms with Crippen molar-refractivity contribution in [3.63, 3.8) is 0 Å². The first kappa shape index (κ1) is 31.8. The van der Waals surface area contributed by atoms with Crippen LogP contribution in [-0.4, -0.2) is 73.8 Å². The van der Waals surface area contributed by atoms with Crippen LogP contribution in [0, 0.1) is 5.41 Å². The highest BCUT2D eigenvalue weighted by molar-refractivity contribution is 7.99. The number of hydrogen-bond donors (Lipinski definition) is 0. The topological polar surface area (TPSA) is 105 Å². The standard InChI is InChI=1S/C24H36O8S2/c1-6-20(25)29-15-24(16-30-21(26)7-2,17-31-22(27)8-3)18-32-23(28)12-10-9-11-19(34-5)13-14-33-4/h6-8,19H,1-3,9-18H2,4-5H3. The zero-order valence-electron chi connectivity index (χ0n) is 20.1. The third kappa shape index (κ3) is 14.8. The molecule has 0 bridgehead atoms. The van der Waals surface area contributed by atoms with E-state index in [0.717, 1.165) is 43.2 Å². The van der Waals surface area contributed by atoms with E-state index in [0.29, 0.717) is 11.7 Å². The number of carbonyl (C=O) groups is 4. The highest BCUT2D eigenvalue weighted by Crippen LogP contribution is 2.23. The van der Waals surface area contributed by atoms with Gasteiger partial charge in [0.2, 0.25) is 0 Å². The average molecular weight is 517 g/mol. The van der Waals surface area contributed by atoms with Crippen molar-refractivity contribution in [1.82, 2.24) is 0 Å². The fourth-order valence-corrected chi connectivity index (χ4v) is 4.10. The van der Waals surface area contributed by atoms with Crippen LogP contribution in [0.5, 0.6) is 0 Å². The maximum absolute atomic E-state index is 12.4. The van der Waals surface area contributed by atoms with Gasteiger partial charge in [0, 0.05) is 29.9 Å². The summed E-state index contributed by atoms with van der Waals surface area (Å²) in [4.78, 5) is 47.2. The summed E-state index contributed by atoms with van der Waals surface area (Å²) in [7, 11) is 0. The SMILES string of the molecule is C=CC(=O)OCC(COC(=O)C=C)(COC(=O)C=C)COC(=O)CCCCC(CCSC)SC. The van der Waals surface area contributed by atoms with Crippen LogP contribution in [0.3, 0.4) is 0 Å². The van der Waals surface area contributed by atoms with E-state index < -0.39 is 29.3 Å². The minimum atomic E-state index is -1.31. The van der Waals surface area contributed by atoms with Gasteiger partial charge in [-0.15, -0.1) is 0 Å². The monoisotopic (exact) mass is 516 g/mol. The molecule has 0 heterocycles. The molecule has 34 heavy (non-hydrogen) atoms. The van der Waals surface area contributed by atoms with Crippen LogP contribution in [0.15, 0.2) is 38.0 Å². The van der Waals surface area contributed by atoms with Gasteiger partial charge in [-0.1, -0.05) is 26.2 Å². The van der Waals surface area contributed by atoms with Crippen LogP contribution < -0.4 is 0 Å². The lowest BCUT2D eigenvalue weighted by Gasteiger charge is -2.31. The van der Waals surface area contributed by atoms with Crippen LogP contribution in [0.2, 0.25) is 0 Å². The second-order valence-electron chi connectivity index (χ2n) is 7.48. The molecule has 0 rings (SSSR count). The molecule has 1 unspecified atom stereocenters. The third-order valence-corrected chi connectivity index (χ3v) is 6.52. The molecule has 192 valence electrons. The Morgan fingerprint density at radius 1 is 0.765 bits per heavy atom. The molecule has 0 saturated carbocycles. The Morgan fingerprint density at radius 3 is 1.65 bits per heavy atom. The lowest BCUT2D eigenvalue weighted by Crippen LogP contribution is -2.43. The molecule has 1 atom stereocenters. The predicted molar refractivity (Wildman–Crippen MR) is 136 cm³/mol. The van der Waals surface area contributed by atoms with E-state index in [-0.39, 0.29) is 32.8 Å². The largest absolute Gasteiger partial charge is 0.465 e. The van der Waals surface area contributed by atoms with Gasteiger partial charge in [0.15, 0.2) is 0 Å². The van der Waals surface area contributed by atoms with E-state index in [4.69, 9.17) is 18.9 Å². The van der Waals surface area contributed by atoms with E-state index in [1.54, 1.807) is 0 Å². The number of ether oxygens (including phenoxy) is 4. The molecule has 8 nitrogen and oxygen atoms in total. The smallest absolute Gasteiger partial charge is 0.330 e. The number of esters is 4. The summed E-state index contributed by atoms with van der Waals surface area (Å²) in [6, 6.07) is 0. The maximum Gasteiger partial charge on any atom is 0.330 e. The van der Waals surface area contributed by atoms with Crippen LogP contribution in [0.4, 0.5) is 0 Å². The Kier molecular flexibility index (Phi) is 17.9. The van der Waals surface area contributed by atoms with Gasteiger partial charge in [-0.25, -0.2) is 14.4 Å². The Bertz CT molecular complexity index is 633. The van der Waals surface area contributed by atoms with Gasteiger partial charge in [-0.05, 0) is 37.5 Å². The number of unbranched alkanes of at least 4 members (excludes halogenated alkanes) is 1. The highest BCUT2D eigenvalue weighted by Gasteiger charge is 2.37. The number of rotatable bonds is 20. The molecule has 10 heteroatoms. The van der Waals surface area contributed by atoms with Crippen LogP contribution in [0.1, 0.15) is 32.1 Å². The lowest BCUT2D eigenvalue weighted by atomic mass is 9.92. The molecule has 0 amide bonds. The first-order valence-corrected chi connectivity index (χ1v) is 13.5. The summed E-state index contributed by atoms with van der Waals surface area (Å²) in [5.41, 5.74) is -1.31. The van der Waals surface area contributed by atoms with Gasteiger partial charge in [-0.2, -0.15) is 23.5 Å². The van der Waals surface area contributed by atoms with Crippen molar-refractivity contribution >= 4 is 47.4 Å².